The minimum atomic E-state index is -1.25. The van der Waals surface area contributed by atoms with Crippen molar-refractivity contribution in [3.05, 3.63) is 0 Å². The second kappa shape index (κ2) is 9.05. The molecule has 4 nitrogen and oxygen atoms in total. The summed E-state index contributed by atoms with van der Waals surface area (Å²) in [6.07, 6.45) is 0. The van der Waals surface area contributed by atoms with Crippen LogP contribution in [0.5, 0.6) is 0 Å². The molecule has 0 radical (unpaired) electrons. The van der Waals surface area contributed by atoms with E-state index in [1.165, 1.54) is 14.2 Å². The van der Waals surface area contributed by atoms with Crippen molar-refractivity contribution in [2.24, 2.45) is 0 Å². The zero-order chi connectivity index (χ0) is 6.41. The van der Waals surface area contributed by atoms with Gasteiger partial charge in [-0.3, -0.25) is 0 Å². The van der Waals surface area contributed by atoms with E-state index in [-0.39, 0.29) is 31.0 Å². The van der Waals surface area contributed by atoms with Crippen molar-refractivity contribution in [2.75, 3.05) is 14.2 Å². The summed E-state index contributed by atoms with van der Waals surface area (Å²) >= 11 is -1.25. The van der Waals surface area contributed by atoms with Crippen LogP contribution in [0.25, 0.3) is 0 Å². The molecule has 0 amide bonds. The summed E-state index contributed by atoms with van der Waals surface area (Å²) in [5.74, 6) is 0. The number of hydrogen-bond donors (Lipinski definition) is 0. The summed E-state index contributed by atoms with van der Waals surface area (Å²) < 4.78 is 23.2. The van der Waals surface area contributed by atoms with Gasteiger partial charge >= 0.3 is 82.8 Å². The van der Waals surface area contributed by atoms with Gasteiger partial charge in [0.15, 0.2) is 0 Å². The summed E-state index contributed by atoms with van der Waals surface area (Å²) in [6.45, 7) is -0.775. The SMILES string of the molecule is COC(OC)[O][Al]=[O].[H-].[Na+]. The van der Waals surface area contributed by atoms with Crippen LogP contribution in [0.15, 0.2) is 0 Å². The quantitative estimate of drug-likeness (QED) is 0.317. The second-order valence-electron chi connectivity index (χ2n) is 0.992. The first-order valence-electron chi connectivity index (χ1n) is 2.00. The van der Waals surface area contributed by atoms with Crippen molar-refractivity contribution < 1.29 is 48.0 Å². The summed E-state index contributed by atoms with van der Waals surface area (Å²) in [6, 6.07) is 0. The molecule has 0 heterocycles. The van der Waals surface area contributed by atoms with E-state index in [0.29, 0.717) is 0 Å². The van der Waals surface area contributed by atoms with Crippen LogP contribution in [-0.4, -0.2) is 36.2 Å². The molecule has 0 N–H and O–H groups in total. The molecule has 0 aliphatic heterocycles. The summed E-state index contributed by atoms with van der Waals surface area (Å²) in [4.78, 5) is 0. The van der Waals surface area contributed by atoms with Gasteiger partial charge in [0, 0.05) is 0 Å². The number of methoxy groups -OCH3 is 2. The fourth-order valence-electron chi connectivity index (χ4n) is 0.253. The van der Waals surface area contributed by atoms with Crippen LogP contribution in [-0.2, 0) is 17.1 Å². The summed E-state index contributed by atoms with van der Waals surface area (Å²) in [7, 11) is 2.81. The fourth-order valence-corrected chi connectivity index (χ4v) is 0.566. The summed E-state index contributed by atoms with van der Waals surface area (Å²) in [5, 5.41) is 0. The maximum Gasteiger partial charge on any atom is 1.00 e. The number of rotatable bonds is 4. The predicted octanol–water partition coefficient (Wildman–Crippen LogP) is -3.34. The number of hydrogen-bond acceptors (Lipinski definition) is 4. The molecule has 6 heteroatoms. The van der Waals surface area contributed by atoms with Crippen LogP contribution in [0.1, 0.15) is 1.43 Å². The van der Waals surface area contributed by atoms with Crippen molar-refractivity contribution in [3.63, 3.8) is 0 Å². The van der Waals surface area contributed by atoms with Crippen LogP contribution < -0.4 is 29.6 Å². The molecule has 0 fully saturated rings. The standard InChI is InChI=1S/C3H7O3.Al.Na.O.H/c1-5-3(4)6-2;;;;/h3H,1-2H3;;;;/q-1;2*+1;;-1. The average Bonchev–Trinajstić information content (AvgIpc) is 1.83. The third-order valence-electron chi connectivity index (χ3n) is 0.552. The molecule has 0 aliphatic rings. The van der Waals surface area contributed by atoms with Gasteiger partial charge in [-0.2, -0.15) is 0 Å². The maximum absolute atomic E-state index is 9.76. The van der Waals surface area contributed by atoms with E-state index in [1.54, 1.807) is 0 Å². The Kier molecular flexibility index (Phi) is 12.8. The van der Waals surface area contributed by atoms with Crippen LogP contribution >= 0.6 is 0 Å². The Morgan fingerprint density at radius 2 is 1.89 bits per heavy atom. The molecule has 0 bridgehead atoms. The molecule has 0 aliphatic carbocycles. The summed E-state index contributed by atoms with van der Waals surface area (Å²) in [5.41, 5.74) is 0. The van der Waals surface area contributed by atoms with Gasteiger partial charge in [-0.25, -0.2) is 0 Å². The molecular weight excluding hydrogens is 150 g/mol. The van der Waals surface area contributed by atoms with Crippen molar-refractivity contribution >= 4 is 15.5 Å². The molecule has 0 aromatic heterocycles. The van der Waals surface area contributed by atoms with Crippen LogP contribution in [0, 0.1) is 0 Å². The Hall–Kier alpha value is 1.05. The van der Waals surface area contributed by atoms with E-state index >= 15 is 0 Å². The molecule has 9 heavy (non-hydrogen) atoms. The van der Waals surface area contributed by atoms with Gasteiger partial charge < -0.3 is 1.43 Å². The minimum Gasteiger partial charge on any atom is -1.00 e. The smallest absolute Gasteiger partial charge is 1.00 e. The molecular formula is C3H8AlNaO4. The van der Waals surface area contributed by atoms with Crippen LogP contribution in [0.2, 0.25) is 0 Å². The minimum absolute atomic E-state index is 0. The largest absolute Gasteiger partial charge is 1.00 e. The zero-order valence-corrected chi connectivity index (χ0v) is 8.94. The van der Waals surface area contributed by atoms with Crippen LogP contribution in [0.3, 0.4) is 0 Å². The van der Waals surface area contributed by atoms with Crippen molar-refractivity contribution in [3.8, 4) is 0 Å². The predicted molar refractivity (Wildman–Crippen MR) is 26.4 cm³/mol. The fraction of sp³-hybridized carbons (Fsp3) is 1.00. The van der Waals surface area contributed by atoms with Crippen LogP contribution in [0.4, 0.5) is 0 Å². The molecule has 0 rings (SSSR count). The molecule has 0 saturated carbocycles. The Balaban J connectivity index is -0.000000245. The first kappa shape index (κ1) is 12.7. The monoisotopic (exact) mass is 158 g/mol. The third kappa shape index (κ3) is 6.94. The Bertz CT molecular complexity index is 71.5. The molecule has 48 valence electrons. The Morgan fingerprint density at radius 3 is 2.00 bits per heavy atom. The van der Waals surface area contributed by atoms with Gasteiger partial charge in [0.2, 0.25) is 0 Å². The van der Waals surface area contributed by atoms with E-state index in [4.69, 9.17) is 0 Å². The Morgan fingerprint density at radius 1 is 1.44 bits per heavy atom. The molecule has 0 aromatic carbocycles. The average molecular weight is 158 g/mol. The molecule has 0 unspecified atom stereocenters. The van der Waals surface area contributed by atoms with Gasteiger partial charge in [0.1, 0.15) is 0 Å². The first-order valence-corrected chi connectivity index (χ1v) is 2.94. The van der Waals surface area contributed by atoms with Crippen molar-refractivity contribution in [1.82, 2.24) is 0 Å². The van der Waals surface area contributed by atoms with Crippen molar-refractivity contribution in [1.29, 1.82) is 0 Å². The van der Waals surface area contributed by atoms with E-state index in [9.17, 15) is 3.80 Å². The van der Waals surface area contributed by atoms with E-state index in [0.717, 1.165) is 0 Å². The zero-order valence-electron chi connectivity index (χ0n) is 6.79. The maximum atomic E-state index is 9.76. The van der Waals surface area contributed by atoms with Gasteiger partial charge in [-0.1, -0.05) is 0 Å². The Labute approximate surface area is 83.9 Å². The topological polar surface area (TPSA) is 44.8 Å². The van der Waals surface area contributed by atoms with Crippen molar-refractivity contribution in [2.45, 2.75) is 6.48 Å². The molecule has 0 atom stereocenters. The normalized spacial score (nSPS) is 7.89. The molecule has 0 saturated heterocycles. The molecule has 0 spiro atoms. The van der Waals surface area contributed by atoms with Gasteiger partial charge in [0.05, 0.1) is 0 Å². The molecule has 0 aromatic rings. The third-order valence-corrected chi connectivity index (χ3v) is 0.885. The first-order chi connectivity index (χ1) is 3.85. The van der Waals surface area contributed by atoms with E-state index in [2.05, 4.69) is 13.3 Å². The van der Waals surface area contributed by atoms with E-state index < -0.39 is 22.0 Å². The van der Waals surface area contributed by atoms with E-state index in [1.807, 2.05) is 0 Å². The number of ether oxygens (including phenoxy) is 2. The second-order valence-corrected chi connectivity index (χ2v) is 1.46. The van der Waals surface area contributed by atoms with Gasteiger partial charge in [0.25, 0.3) is 0 Å². The van der Waals surface area contributed by atoms with Gasteiger partial charge in [-0.05, 0) is 0 Å². The van der Waals surface area contributed by atoms with Gasteiger partial charge in [-0.15, -0.1) is 0 Å².